The van der Waals surface area contributed by atoms with Crippen LogP contribution in [0.25, 0.3) is 11.1 Å². The summed E-state index contributed by atoms with van der Waals surface area (Å²) in [4.78, 5) is 13.7. The van der Waals surface area contributed by atoms with Crippen molar-refractivity contribution in [3.63, 3.8) is 0 Å². The molecule has 1 aliphatic rings. The normalized spacial score (nSPS) is 13.4. The highest BCUT2D eigenvalue weighted by atomic mass is 32.2. The maximum atomic E-state index is 12.8. The lowest BCUT2D eigenvalue weighted by atomic mass is 10.3. The predicted octanol–water partition coefficient (Wildman–Crippen LogP) is 1.67. The second-order valence-electron chi connectivity index (χ2n) is 5.18. The number of oxazole rings is 1. The van der Waals surface area contributed by atoms with Gasteiger partial charge in [0.2, 0.25) is 6.79 Å². The van der Waals surface area contributed by atoms with Gasteiger partial charge in [0.05, 0.1) is 16.1 Å². The SMILES string of the molecule is CN(c1ccc2c(c1)OCO2)S(=O)(=O)c1ccc2[nH]c(=O)oc2c1. The molecule has 4 rings (SSSR count). The van der Waals surface area contributed by atoms with Crippen molar-refractivity contribution in [1.82, 2.24) is 4.98 Å². The van der Waals surface area contributed by atoms with Crippen LogP contribution in [0.15, 0.2) is 50.5 Å². The van der Waals surface area contributed by atoms with Gasteiger partial charge in [0.15, 0.2) is 17.1 Å². The Morgan fingerprint density at radius 2 is 1.88 bits per heavy atom. The lowest BCUT2D eigenvalue weighted by Crippen LogP contribution is -2.26. The molecule has 9 heteroatoms. The highest BCUT2D eigenvalue weighted by Crippen LogP contribution is 2.36. The number of aromatic nitrogens is 1. The number of benzene rings is 2. The summed E-state index contributed by atoms with van der Waals surface area (Å²) in [6, 6.07) is 9.08. The molecule has 0 bridgehead atoms. The summed E-state index contributed by atoms with van der Waals surface area (Å²) in [5.41, 5.74) is 1.04. The van der Waals surface area contributed by atoms with Gasteiger partial charge in [-0.15, -0.1) is 0 Å². The van der Waals surface area contributed by atoms with Crippen LogP contribution < -0.4 is 19.5 Å². The maximum absolute atomic E-state index is 12.8. The Hall–Kier alpha value is -2.94. The van der Waals surface area contributed by atoms with E-state index in [-0.39, 0.29) is 17.3 Å². The molecular weight excluding hydrogens is 336 g/mol. The van der Waals surface area contributed by atoms with E-state index in [1.165, 1.54) is 25.2 Å². The maximum Gasteiger partial charge on any atom is 0.417 e. The zero-order valence-electron chi connectivity index (χ0n) is 12.5. The van der Waals surface area contributed by atoms with Crippen molar-refractivity contribution < 1.29 is 22.3 Å². The highest BCUT2D eigenvalue weighted by molar-refractivity contribution is 7.92. The number of hydrogen-bond donors (Lipinski definition) is 1. The fourth-order valence-electron chi connectivity index (χ4n) is 2.46. The molecule has 8 nitrogen and oxygen atoms in total. The number of H-pyrrole nitrogens is 1. The van der Waals surface area contributed by atoms with Crippen LogP contribution in [0.1, 0.15) is 0 Å². The molecule has 0 fully saturated rings. The smallest absolute Gasteiger partial charge is 0.417 e. The Bertz CT molecular complexity index is 1100. The van der Waals surface area contributed by atoms with Crippen LogP contribution >= 0.6 is 0 Å². The molecule has 0 saturated heterocycles. The Morgan fingerprint density at radius 3 is 2.71 bits per heavy atom. The Labute approximate surface area is 136 Å². The van der Waals surface area contributed by atoms with E-state index in [1.54, 1.807) is 18.2 Å². The summed E-state index contributed by atoms with van der Waals surface area (Å²) >= 11 is 0. The van der Waals surface area contributed by atoms with Crippen molar-refractivity contribution in [2.75, 3.05) is 18.1 Å². The van der Waals surface area contributed by atoms with Crippen molar-refractivity contribution in [3.05, 3.63) is 46.9 Å². The van der Waals surface area contributed by atoms with Crippen molar-refractivity contribution in [3.8, 4) is 11.5 Å². The Kier molecular flexibility index (Phi) is 3.07. The average Bonchev–Trinajstić information content (AvgIpc) is 3.17. The number of ether oxygens (including phenoxy) is 2. The van der Waals surface area contributed by atoms with Crippen LogP contribution in [-0.4, -0.2) is 27.2 Å². The molecule has 124 valence electrons. The van der Waals surface area contributed by atoms with E-state index < -0.39 is 15.8 Å². The van der Waals surface area contributed by atoms with Crippen molar-refractivity contribution in [2.45, 2.75) is 4.90 Å². The topological polar surface area (TPSA) is 102 Å². The van der Waals surface area contributed by atoms with E-state index in [4.69, 9.17) is 13.9 Å². The summed E-state index contributed by atoms with van der Waals surface area (Å²) in [6.07, 6.45) is 0. The van der Waals surface area contributed by atoms with Gasteiger partial charge >= 0.3 is 5.76 Å². The van der Waals surface area contributed by atoms with Gasteiger partial charge in [0, 0.05) is 19.2 Å². The van der Waals surface area contributed by atoms with Crippen LogP contribution in [0.5, 0.6) is 11.5 Å². The summed E-state index contributed by atoms with van der Waals surface area (Å²) < 4.78 is 42.1. The summed E-state index contributed by atoms with van der Waals surface area (Å²) in [5, 5.41) is 0. The number of rotatable bonds is 3. The van der Waals surface area contributed by atoms with E-state index >= 15 is 0 Å². The largest absolute Gasteiger partial charge is 0.454 e. The molecule has 0 unspecified atom stereocenters. The van der Waals surface area contributed by atoms with Crippen LogP contribution in [0.2, 0.25) is 0 Å². The van der Waals surface area contributed by atoms with Crippen molar-refractivity contribution in [1.29, 1.82) is 0 Å². The first-order valence-electron chi connectivity index (χ1n) is 6.96. The van der Waals surface area contributed by atoms with E-state index in [1.807, 2.05) is 0 Å². The van der Waals surface area contributed by atoms with E-state index in [0.29, 0.717) is 22.7 Å². The third-order valence-corrected chi connectivity index (χ3v) is 5.55. The zero-order chi connectivity index (χ0) is 16.9. The molecule has 1 N–H and O–H groups in total. The average molecular weight is 348 g/mol. The van der Waals surface area contributed by atoms with Gasteiger partial charge in [0.1, 0.15) is 0 Å². The van der Waals surface area contributed by atoms with Gasteiger partial charge in [-0.25, -0.2) is 13.2 Å². The molecule has 2 heterocycles. The molecule has 0 atom stereocenters. The van der Waals surface area contributed by atoms with Gasteiger partial charge < -0.3 is 13.9 Å². The minimum absolute atomic E-state index is 0.0120. The first kappa shape index (κ1) is 14.6. The molecule has 0 aliphatic carbocycles. The first-order chi connectivity index (χ1) is 11.4. The molecular formula is C15H12N2O6S. The highest BCUT2D eigenvalue weighted by Gasteiger charge is 2.24. The minimum atomic E-state index is -3.83. The first-order valence-corrected chi connectivity index (χ1v) is 8.40. The summed E-state index contributed by atoms with van der Waals surface area (Å²) in [6.45, 7) is 0.110. The number of sulfonamides is 1. The molecule has 0 amide bonds. The molecule has 3 aromatic rings. The van der Waals surface area contributed by atoms with Crippen LogP contribution in [0, 0.1) is 0 Å². The molecule has 1 aliphatic heterocycles. The lowest BCUT2D eigenvalue weighted by Gasteiger charge is -2.19. The lowest BCUT2D eigenvalue weighted by molar-refractivity contribution is 0.174. The Balaban J connectivity index is 1.76. The van der Waals surface area contributed by atoms with E-state index in [2.05, 4.69) is 4.98 Å². The summed E-state index contributed by atoms with van der Waals surface area (Å²) in [5.74, 6) is 0.422. The number of hydrogen-bond acceptors (Lipinski definition) is 6. The monoisotopic (exact) mass is 348 g/mol. The van der Waals surface area contributed by atoms with Crippen molar-refractivity contribution in [2.24, 2.45) is 0 Å². The molecule has 2 aromatic carbocycles. The van der Waals surface area contributed by atoms with E-state index in [0.717, 1.165) is 4.31 Å². The standard InChI is InChI=1S/C15H12N2O6S/c1-17(9-2-5-12-14(6-9)22-8-21-12)24(19,20)10-3-4-11-13(7-10)23-15(18)16-11/h2-7H,8H2,1H3,(H,16,18). The number of aromatic amines is 1. The molecule has 0 radical (unpaired) electrons. The Morgan fingerprint density at radius 1 is 1.08 bits per heavy atom. The van der Waals surface area contributed by atoms with Crippen LogP contribution in [0.4, 0.5) is 5.69 Å². The van der Waals surface area contributed by atoms with Gasteiger partial charge in [-0.05, 0) is 24.3 Å². The van der Waals surface area contributed by atoms with Crippen molar-refractivity contribution >= 4 is 26.8 Å². The zero-order valence-corrected chi connectivity index (χ0v) is 13.3. The fourth-order valence-corrected chi connectivity index (χ4v) is 3.67. The number of nitrogens with zero attached hydrogens (tertiary/aromatic N) is 1. The molecule has 0 spiro atoms. The fraction of sp³-hybridized carbons (Fsp3) is 0.133. The van der Waals surface area contributed by atoms with Gasteiger partial charge in [-0.1, -0.05) is 0 Å². The minimum Gasteiger partial charge on any atom is -0.454 e. The molecule has 24 heavy (non-hydrogen) atoms. The van der Waals surface area contributed by atoms with Gasteiger partial charge in [-0.2, -0.15) is 0 Å². The number of anilines is 1. The summed E-state index contributed by atoms with van der Waals surface area (Å²) in [7, 11) is -2.40. The third kappa shape index (κ3) is 2.21. The van der Waals surface area contributed by atoms with Crippen LogP contribution in [0.3, 0.4) is 0 Å². The van der Waals surface area contributed by atoms with Crippen LogP contribution in [-0.2, 0) is 10.0 Å². The molecule has 1 aromatic heterocycles. The van der Waals surface area contributed by atoms with E-state index in [9.17, 15) is 13.2 Å². The number of nitrogens with one attached hydrogen (secondary N) is 1. The molecule has 0 saturated carbocycles. The van der Waals surface area contributed by atoms with Gasteiger partial charge in [-0.3, -0.25) is 9.29 Å². The second kappa shape index (κ2) is 5.03. The van der Waals surface area contributed by atoms with Gasteiger partial charge in [0.25, 0.3) is 10.0 Å². The predicted molar refractivity (Wildman–Crippen MR) is 85.0 cm³/mol. The quantitative estimate of drug-likeness (QED) is 0.772. The second-order valence-corrected chi connectivity index (χ2v) is 7.15. The number of fused-ring (bicyclic) bond motifs is 2. The third-order valence-electron chi connectivity index (χ3n) is 3.77.